The van der Waals surface area contributed by atoms with Gasteiger partial charge in [0.15, 0.2) is 11.6 Å². The van der Waals surface area contributed by atoms with Gasteiger partial charge in [-0.2, -0.15) is 9.97 Å². The highest BCUT2D eigenvalue weighted by Gasteiger charge is 2.28. The summed E-state index contributed by atoms with van der Waals surface area (Å²) in [5, 5.41) is 30.9. The predicted molar refractivity (Wildman–Crippen MR) is 133 cm³/mol. The van der Waals surface area contributed by atoms with E-state index >= 15 is 0 Å². The van der Waals surface area contributed by atoms with Crippen molar-refractivity contribution in [2.24, 2.45) is 5.92 Å². The van der Waals surface area contributed by atoms with E-state index in [9.17, 15) is 15.3 Å². The Kier molecular flexibility index (Phi) is 5.65. The number of aliphatic hydroxyl groups is 3. The highest BCUT2D eigenvalue weighted by atomic mass is 16.5. The molecule has 0 saturated heterocycles. The van der Waals surface area contributed by atoms with Gasteiger partial charge in [-0.15, -0.1) is 0 Å². The molecule has 3 N–H and O–H groups in total. The summed E-state index contributed by atoms with van der Waals surface area (Å²) in [5.41, 5.74) is 4.89. The van der Waals surface area contributed by atoms with Gasteiger partial charge in [-0.3, -0.25) is 0 Å². The van der Waals surface area contributed by atoms with Crippen molar-refractivity contribution >= 4 is 11.6 Å². The van der Waals surface area contributed by atoms with Crippen LogP contribution in [0.1, 0.15) is 61.9 Å². The summed E-state index contributed by atoms with van der Waals surface area (Å²) in [5.74, 6) is 0.801. The standard InChI is InChI=1S/C28H29N3O4/c32-21-14-23(33)25(24(34)15-21)27-29-26(30-28(31-27)35-22-7-3-4-8-22)19-10-9-18-11-16-5-1-2-6-17(16)12-20(18)13-19/h1,5,9-11,13-14,17,22,24,32-34H,2-4,6-8,12,15H2. The minimum Gasteiger partial charge on any atom is -0.512 e. The van der Waals surface area contributed by atoms with Crippen LogP contribution >= 0.6 is 0 Å². The Balaban J connectivity index is 1.42. The Morgan fingerprint density at radius 2 is 1.74 bits per heavy atom. The van der Waals surface area contributed by atoms with Crippen LogP contribution in [-0.2, 0) is 6.42 Å². The van der Waals surface area contributed by atoms with Crippen LogP contribution in [0.2, 0.25) is 0 Å². The molecule has 1 fully saturated rings. The van der Waals surface area contributed by atoms with Gasteiger partial charge in [0.2, 0.25) is 0 Å². The highest BCUT2D eigenvalue weighted by Crippen LogP contribution is 2.37. The zero-order valence-electron chi connectivity index (χ0n) is 19.5. The molecule has 6 rings (SSSR count). The van der Waals surface area contributed by atoms with Crippen molar-refractivity contribution in [2.75, 3.05) is 0 Å². The fourth-order valence-electron chi connectivity index (χ4n) is 5.56. The summed E-state index contributed by atoms with van der Waals surface area (Å²) in [4.78, 5) is 13.7. The second-order valence-electron chi connectivity index (χ2n) is 9.88. The molecule has 1 heterocycles. The molecule has 2 atom stereocenters. The van der Waals surface area contributed by atoms with Crippen LogP contribution in [0.15, 0.2) is 53.5 Å². The number of fused-ring (bicyclic) bond motifs is 2. The van der Waals surface area contributed by atoms with Gasteiger partial charge in [-0.25, -0.2) is 4.98 Å². The SMILES string of the molecule is OC1=CC(O)=C(c2nc(OC3CCCC3)nc(-c3ccc4c(c3)CC3CCC=CC3=C4)n2)C(O)C1. The maximum atomic E-state index is 10.6. The third-order valence-corrected chi connectivity index (χ3v) is 7.40. The lowest BCUT2D eigenvalue weighted by molar-refractivity contribution is 0.190. The van der Waals surface area contributed by atoms with Crippen molar-refractivity contribution in [3.05, 3.63) is 70.5 Å². The number of aromatic nitrogens is 3. The van der Waals surface area contributed by atoms with Gasteiger partial charge in [0.25, 0.3) is 0 Å². The summed E-state index contributed by atoms with van der Waals surface area (Å²) in [7, 11) is 0. The van der Waals surface area contributed by atoms with Crippen LogP contribution in [-0.4, -0.2) is 42.5 Å². The lowest BCUT2D eigenvalue weighted by atomic mass is 9.78. The van der Waals surface area contributed by atoms with Crippen molar-refractivity contribution in [3.8, 4) is 17.4 Å². The Hall–Kier alpha value is -3.45. The minimum absolute atomic E-state index is 0.0113. The Morgan fingerprint density at radius 3 is 2.57 bits per heavy atom. The molecule has 35 heavy (non-hydrogen) atoms. The molecule has 0 bridgehead atoms. The number of benzene rings is 1. The molecule has 0 aliphatic heterocycles. The van der Waals surface area contributed by atoms with Crippen molar-refractivity contribution in [1.82, 2.24) is 15.0 Å². The summed E-state index contributed by atoms with van der Waals surface area (Å²) >= 11 is 0. The normalized spacial score (nSPS) is 24.0. The van der Waals surface area contributed by atoms with Gasteiger partial charge in [0, 0.05) is 18.1 Å². The van der Waals surface area contributed by atoms with E-state index in [1.165, 1.54) is 22.8 Å². The average molecular weight is 472 g/mol. The first kappa shape index (κ1) is 22.0. The first-order chi connectivity index (χ1) is 17.0. The van der Waals surface area contributed by atoms with E-state index in [0.717, 1.165) is 50.5 Å². The van der Waals surface area contributed by atoms with Crippen LogP contribution in [0.5, 0.6) is 6.01 Å². The van der Waals surface area contributed by atoms with Gasteiger partial charge < -0.3 is 20.1 Å². The van der Waals surface area contributed by atoms with E-state index in [1.807, 2.05) is 6.07 Å². The fraction of sp³-hybridized carbons (Fsp3) is 0.393. The Bertz CT molecular complexity index is 1290. The van der Waals surface area contributed by atoms with Gasteiger partial charge >= 0.3 is 6.01 Å². The van der Waals surface area contributed by atoms with Crippen LogP contribution < -0.4 is 4.74 Å². The molecule has 0 radical (unpaired) electrons. The second-order valence-corrected chi connectivity index (χ2v) is 9.88. The number of ether oxygens (including phenoxy) is 1. The van der Waals surface area contributed by atoms with Gasteiger partial charge in [-0.05, 0) is 73.6 Å². The van der Waals surface area contributed by atoms with E-state index in [2.05, 4.69) is 45.3 Å². The highest BCUT2D eigenvalue weighted by molar-refractivity contribution is 5.72. The molecule has 180 valence electrons. The molecule has 0 spiro atoms. The molecule has 4 aliphatic rings. The molecule has 1 saturated carbocycles. The predicted octanol–water partition coefficient (Wildman–Crippen LogP) is 5.24. The lowest BCUT2D eigenvalue weighted by Gasteiger charge is -2.27. The second kappa shape index (κ2) is 8.96. The molecular weight excluding hydrogens is 442 g/mol. The Morgan fingerprint density at radius 1 is 0.914 bits per heavy atom. The van der Waals surface area contributed by atoms with Crippen LogP contribution in [0.3, 0.4) is 0 Å². The molecule has 2 aromatic rings. The zero-order valence-corrected chi connectivity index (χ0v) is 19.5. The molecule has 7 heteroatoms. The van der Waals surface area contributed by atoms with Gasteiger partial charge in [-0.1, -0.05) is 30.4 Å². The molecule has 2 unspecified atom stereocenters. The summed E-state index contributed by atoms with van der Waals surface area (Å²) in [6.07, 6.45) is 14.3. The fourth-order valence-corrected chi connectivity index (χ4v) is 5.56. The van der Waals surface area contributed by atoms with E-state index in [0.29, 0.717) is 11.7 Å². The molecular formula is C28H29N3O4. The van der Waals surface area contributed by atoms with Crippen LogP contribution in [0.4, 0.5) is 0 Å². The Labute approximate surface area is 204 Å². The quantitative estimate of drug-likeness (QED) is 0.559. The lowest BCUT2D eigenvalue weighted by Crippen LogP contribution is -2.20. The van der Waals surface area contributed by atoms with Crippen molar-refractivity contribution in [3.63, 3.8) is 0 Å². The number of hydrogen-bond donors (Lipinski definition) is 3. The van der Waals surface area contributed by atoms with E-state index in [1.54, 1.807) is 0 Å². The summed E-state index contributed by atoms with van der Waals surface area (Å²) in [6.45, 7) is 0. The van der Waals surface area contributed by atoms with Gasteiger partial charge in [0.05, 0.1) is 17.4 Å². The number of aliphatic hydroxyl groups excluding tert-OH is 3. The maximum Gasteiger partial charge on any atom is 0.320 e. The topological polar surface area (TPSA) is 109 Å². The van der Waals surface area contributed by atoms with E-state index in [-0.39, 0.29) is 41.5 Å². The van der Waals surface area contributed by atoms with Crippen molar-refractivity contribution < 1.29 is 20.1 Å². The van der Waals surface area contributed by atoms with E-state index in [4.69, 9.17) is 4.74 Å². The maximum absolute atomic E-state index is 10.6. The first-order valence-electron chi connectivity index (χ1n) is 12.5. The average Bonchev–Trinajstić information content (AvgIpc) is 3.34. The van der Waals surface area contributed by atoms with Crippen LogP contribution in [0.25, 0.3) is 23.0 Å². The largest absolute Gasteiger partial charge is 0.512 e. The molecule has 4 aliphatic carbocycles. The van der Waals surface area contributed by atoms with Crippen LogP contribution in [0, 0.1) is 5.92 Å². The van der Waals surface area contributed by atoms with Crippen molar-refractivity contribution in [1.29, 1.82) is 0 Å². The third kappa shape index (κ3) is 4.36. The monoisotopic (exact) mass is 471 g/mol. The third-order valence-electron chi connectivity index (χ3n) is 7.40. The number of allylic oxidation sites excluding steroid dienone is 4. The molecule has 7 nitrogen and oxygen atoms in total. The molecule has 1 aromatic carbocycles. The minimum atomic E-state index is -1.12. The first-order valence-corrected chi connectivity index (χ1v) is 12.5. The smallest absolute Gasteiger partial charge is 0.320 e. The van der Waals surface area contributed by atoms with Gasteiger partial charge in [0.1, 0.15) is 11.9 Å². The number of nitrogens with zero attached hydrogens (tertiary/aromatic N) is 3. The van der Waals surface area contributed by atoms with Crippen molar-refractivity contribution in [2.45, 2.75) is 63.6 Å². The number of rotatable bonds is 4. The molecule has 0 amide bonds. The van der Waals surface area contributed by atoms with E-state index < -0.39 is 6.10 Å². The number of hydrogen-bond acceptors (Lipinski definition) is 7. The summed E-state index contributed by atoms with van der Waals surface area (Å²) < 4.78 is 6.11. The zero-order chi connectivity index (χ0) is 23.9. The molecule has 1 aromatic heterocycles. The summed E-state index contributed by atoms with van der Waals surface area (Å²) in [6, 6.07) is 6.43.